The first-order valence-corrected chi connectivity index (χ1v) is 5.62. The first-order valence-electron chi connectivity index (χ1n) is 5.62. The van der Waals surface area contributed by atoms with Crippen LogP contribution in [0.15, 0.2) is 10.6 Å². The molecule has 0 aromatic carbocycles. The molecule has 0 aliphatic carbocycles. The van der Waals surface area contributed by atoms with Crippen LogP contribution >= 0.6 is 0 Å². The minimum Gasteiger partial charge on any atom is -0.391 e. The Hall–Kier alpha value is -1.40. The molecule has 6 heteroatoms. The first kappa shape index (κ1) is 12.1. The Balaban J connectivity index is 1.84. The lowest BCUT2D eigenvalue weighted by Gasteiger charge is -2.28. The Bertz CT molecular complexity index is 391. The molecule has 1 aromatic heterocycles. The van der Waals surface area contributed by atoms with Gasteiger partial charge in [-0.05, 0) is 13.3 Å². The summed E-state index contributed by atoms with van der Waals surface area (Å²) in [5.74, 6) is 0.321. The van der Waals surface area contributed by atoms with Gasteiger partial charge in [0.25, 0.3) is 0 Å². The van der Waals surface area contributed by atoms with Crippen LogP contribution in [-0.2, 0) is 16.0 Å². The predicted octanol–water partition coefficient (Wildman–Crippen LogP) is -0.208. The average Bonchev–Trinajstić information content (AvgIpc) is 2.67. The highest BCUT2D eigenvalue weighted by Gasteiger charge is 2.25. The Morgan fingerprint density at radius 2 is 2.53 bits per heavy atom. The van der Waals surface area contributed by atoms with E-state index in [0.29, 0.717) is 25.4 Å². The normalized spacial score (nSPS) is 24.6. The Morgan fingerprint density at radius 1 is 1.71 bits per heavy atom. The van der Waals surface area contributed by atoms with Crippen LogP contribution in [0, 0.1) is 6.92 Å². The summed E-state index contributed by atoms with van der Waals surface area (Å²) >= 11 is 0. The molecule has 2 heterocycles. The van der Waals surface area contributed by atoms with Gasteiger partial charge >= 0.3 is 0 Å². The summed E-state index contributed by atoms with van der Waals surface area (Å²) in [7, 11) is 0. The second-order valence-electron chi connectivity index (χ2n) is 4.22. The van der Waals surface area contributed by atoms with E-state index >= 15 is 0 Å². The van der Waals surface area contributed by atoms with Gasteiger partial charge in [0.2, 0.25) is 5.91 Å². The summed E-state index contributed by atoms with van der Waals surface area (Å²) in [6.07, 6.45) is 0.139. The van der Waals surface area contributed by atoms with Crippen LogP contribution in [-0.4, -0.2) is 41.5 Å². The molecule has 0 unspecified atom stereocenters. The van der Waals surface area contributed by atoms with Crippen molar-refractivity contribution in [3.8, 4) is 0 Å². The van der Waals surface area contributed by atoms with E-state index in [4.69, 9.17) is 9.26 Å². The molecule has 2 atom stereocenters. The third-order valence-electron chi connectivity index (χ3n) is 2.68. The number of nitrogens with one attached hydrogen (secondary N) is 1. The van der Waals surface area contributed by atoms with Crippen LogP contribution in [0.2, 0.25) is 0 Å². The number of aliphatic hydroxyl groups is 1. The van der Waals surface area contributed by atoms with E-state index in [1.165, 1.54) is 0 Å². The van der Waals surface area contributed by atoms with E-state index in [2.05, 4.69) is 10.5 Å². The highest BCUT2D eigenvalue weighted by Crippen LogP contribution is 2.08. The minimum atomic E-state index is -0.538. The van der Waals surface area contributed by atoms with E-state index in [1.807, 2.05) is 0 Å². The molecule has 1 aromatic rings. The van der Waals surface area contributed by atoms with Crippen LogP contribution < -0.4 is 5.32 Å². The molecular formula is C11H16N2O4. The molecule has 1 aliphatic rings. The number of rotatable bonds is 3. The number of carbonyl (C=O) groups is 1. The summed E-state index contributed by atoms with van der Waals surface area (Å²) in [4.78, 5) is 11.7. The summed E-state index contributed by atoms with van der Waals surface area (Å²) in [6, 6.07) is 1.38. The van der Waals surface area contributed by atoms with Gasteiger partial charge in [-0.25, -0.2) is 0 Å². The lowest BCUT2D eigenvalue weighted by atomic mass is 10.1. The van der Waals surface area contributed by atoms with Crippen LogP contribution in [0.5, 0.6) is 0 Å². The highest BCUT2D eigenvalue weighted by molar-refractivity contribution is 5.78. The van der Waals surface area contributed by atoms with Crippen molar-refractivity contribution in [2.45, 2.75) is 31.9 Å². The van der Waals surface area contributed by atoms with Crippen molar-refractivity contribution in [3.05, 3.63) is 17.5 Å². The lowest BCUT2D eigenvalue weighted by molar-refractivity contribution is -0.124. The number of hydrogen-bond acceptors (Lipinski definition) is 5. The zero-order chi connectivity index (χ0) is 12.3. The number of amides is 1. The molecular weight excluding hydrogens is 224 g/mol. The smallest absolute Gasteiger partial charge is 0.228 e. The summed E-state index contributed by atoms with van der Waals surface area (Å²) in [6.45, 7) is 2.68. The molecule has 2 rings (SSSR count). The van der Waals surface area contributed by atoms with Crippen molar-refractivity contribution in [2.75, 3.05) is 13.2 Å². The van der Waals surface area contributed by atoms with Gasteiger partial charge in [-0.1, -0.05) is 5.16 Å². The highest BCUT2D eigenvalue weighted by atomic mass is 16.5. The third kappa shape index (κ3) is 3.28. The molecule has 0 spiro atoms. The maximum absolute atomic E-state index is 11.7. The summed E-state index contributed by atoms with van der Waals surface area (Å²) < 4.78 is 10.1. The van der Waals surface area contributed by atoms with Gasteiger partial charge in [-0.2, -0.15) is 0 Å². The fraction of sp³-hybridized carbons (Fsp3) is 0.636. The predicted molar refractivity (Wildman–Crippen MR) is 58.3 cm³/mol. The van der Waals surface area contributed by atoms with E-state index in [1.54, 1.807) is 13.0 Å². The molecule has 1 amide bonds. The zero-order valence-corrected chi connectivity index (χ0v) is 9.68. The second-order valence-corrected chi connectivity index (χ2v) is 4.22. The Morgan fingerprint density at radius 3 is 3.18 bits per heavy atom. The Kier molecular flexibility index (Phi) is 3.75. The van der Waals surface area contributed by atoms with Gasteiger partial charge < -0.3 is 19.7 Å². The fourth-order valence-electron chi connectivity index (χ4n) is 1.78. The van der Waals surface area contributed by atoms with Gasteiger partial charge in [-0.3, -0.25) is 4.79 Å². The molecule has 0 bridgehead atoms. The number of aromatic nitrogens is 1. The van der Waals surface area contributed by atoms with Gasteiger partial charge in [0.05, 0.1) is 30.9 Å². The topological polar surface area (TPSA) is 84.6 Å². The quantitative estimate of drug-likeness (QED) is 0.763. The lowest BCUT2D eigenvalue weighted by Crippen LogP contribution is -2.49. The molecule has 6 nitrogen and oxygen atoms in total. The van der Waals surface area contributed by atoms with Crippen molar-refractivity contribution in [3.63, 3.8) is 0 Å². The van der Waals surface area contributed by atoms with Crippen LogP contribution in [0.4, 0.5) is 0 Å². The first-order chi connectivity index (χ1) is 8.15. The molecule has 0 radical (unpaired) electrons. The molecule has 1 saturated heterocycles. The van der Waals surface area contributed by atoms with Crippen LogP contribution in [0.3, 0.4) is 0 Å². The summed E-state index contributed by atoms with van der Waals surface area (Å²) in [5, 5.41) is 16.1. The second kappa shape index (κ2) is 5.29. The molecule has 94 valence electrons. The van der Waals surface area contributed by atoms with E-state index in [-0.39, 0.29) is 18.4 Å². The van der Waals surface area contributed by atoms with Crippen LogP contribution in [0.1, 0.15) is 17.9 Å². The van der Waals surface area contributed by atoms with Crippen molar-refractivity contribution in [1.82, 2.24) is 10.5 Å². The van der Waals surface area contributed by atoms with Crippen molar-refractivity contribution in [2.24, 2.45) is 0 Å². The third-order valence-corrected chi connectivity index (χ3v) is 2.68. The number of aryl methyl sites for hydroxylation is 1. The number of hydrogen-bond donors (Lipinski definition) is 2. The zero-order valence-electron chi connectivity index (χ0n) is 9.68. The number of ether oxygens (including phenoxy) is 1. The average molecular weight is 240 g/mol. The molecule has 0 saturated carbocycles. The van der Waals surface area contributed by atoms with Gasteiger partial charge in [0.1, 0.15) is 5.76 Å². The SMILES string of the molecule is Cc1cc(CC(=O)N[C@@H]2COCC[C@H]2O)on1. The fourth-order valence-corrected chi connectivity index (χ4v) is 1.78. The van der Waals surface area contributed by atoms with Crippen LogP contribution in [0.25, 0.3) is 0 Å². The van der Waals surface area contributed by atoms with Gasteiger partial charge in [0, 0.05) is 12.7 Å². The molecule has 17 heavy (non-hydrogen) atoms. The monoisotopic (exact) mass is 240 g/mol. The van der Waals surface area contributed by atoms with Crippen molar-refractivity contribution in [1.29, 1.82) is 0 Å². The molecule has 1 fully saturated rings. The van der Waals surface area contributed by atoms with Gasteiger partial charge in [-0.15, -0.1) is 0 Å². The Labute approximate surface area is 98.9 Å². The number of aliphatic hydroxyl groups excluding tert-OH is 1. The maximum atomic E-state index is 11.7. The van der Waals surface area contributed by atoms with E-state index < -0.39 is 6.10 Å². The van der Waals surface area contributed by atoms with Crippen molar-refractivity contribution >= 4 is 5.91 Å². The number of nitrogens with zero attached hydrogens (tertiary/aromatic N) is 1. The van der Waals surface area contributed by atoms with Crippen molar-refractivity contribution < 1.29 is 19.2 Å². The number of carbonyl (C=O) groups excluding carboxylic acids is 1. The molecule has 2 N–H and O–H groups in total. The largest absolute Gasteiger partial charge is 0.391 e. The van der Waals surface area contributed by atoms with E-state index in [0.717, 1.165) is 5.69 Å². The summed E-state index contributed by atoms with van der Waals surface area (Å²) in [5.41, 5.74) is 0.744. The minimum absolute atomic E-state index is 0.129. The van der Waals surface area contributed by atoms with Gasteiger partial charge in [0.15, 0.2) is 0 Å². The van der Waals surface area contributed by atoms with E-state index in [9.17, 15) is 9.90 Å². The molecule has 1 aliphatic heterocycles. The maximum Gasteiger partial charge on any atom is 0.228 e. The standard InChI is InChI=1S/C11H16N2O4/c1-7-4-8(17-13-7)5-11(15)12-9-6-16-3-2-10(9)14/h4,9-10,14H,2-3,5-6H2,1H3,(H,12,15)/t9-,10-/m1/s1.